The number of hydrogen-bond acceptors (Lipinski definition) is 7. The molecule has 0 saturated heterocycles. The Hall–Kier alpha value is -2.47. The van der Waals surface area contributed by atoms with Gasteiger partial charge in [0.25, 0.3) is 0 Å². The molecular formula is C16H16N3O4P. The van der Waals surface area contributed by atoms with Crippen LogP contribution in [0.15, 0.2) is 42.7 Å². The van der Waals surface area contributed by atoms with Crippen molar-refractivity contribution in [3.63, 3.8) is 0 Å². The summed E-state index contributed by atoms with van der Waals surface area (Å²) >= 11 is 0. The van der Waals surface area contributed by atoms with Crippen LogP contribution >= 0.6 is 8.38 Å². The van der Waals surface area contributed by atoms with Gasteiger partial charge < -0.3 is 24.6 Å². The van der Waals surface area contributed by atoms with Gasteiger partial charge in [0.05, 0.1) is 19.7 Å². The summed E-state index contributed by atoms with van der Waals surface area (Å²) < 4.78 is 10.6. The normalized spacial score (nSPS) is 10.9. The third-order valence-corrected chi connectivity index (χ3v) is 4.26. The predicted octanol–water partition coefficient (Wildman–Crippen LogP) is 2.31. The van der Waals surface area contributed by atoms with Gasteiger partial charge in [-0.15, -0.1) is 0 Å². The molecule has 1 heterocycles. The largest absolute Gasteiger partial charge is 0.493 e. The van der Waals surface area contributed by atoms with Crippen LogP contribution in [0.4, 0.5) is 11.5 Å². The number of nitrogens with zero attached hydrogens (tertiary/aromatic N) is 2. The maximum atomic E-state index is 9.21. The van der Waals surface area contributed by atoms with E-state index in [1.807, 2.05) is 6.07 Å². The maximum Gasteiger partial charge on any atom is 0.199 e. The van der Waals surface area contributed by atoms with Crippen LogP contribution in [0.25, 0.3) is 10.9 Å². The van der Waals surface area contributed by atoms with E-state index in [0.29, 0.717) is 22.6 Å². The van der Waals surface area contributed by atoms with Crippen LogP contribution in [0.5, 0.6) is 11.5 Å². The molecule has 0 aliphatic rings. The van der Waals surface area contributed by atoms with Crippen molar-refractivity contribution >= 4 is 36.1 Å². The van der Waals surface area contributed by atoms with E-state index in [9.17, 15) is 9.79 Å². The highest BCUT2D eigenvalue weighted by Gasteiger charge is 2.11. The van der Waals surface area contributed by atoms with Gasteiger partial charge in [-0.25, -0.2) is 9.97 Å². The Labute approximate surface area is 139 Å². The third kappa shape index (κ3) is 3.23. The zero-order valence-electron chi connectivity index (χ0n) is 13.1. The average molecular weight is 345 g/mol. The first-order valence-corrected chi connectivity index (χ1v) is 8.29. The minimum absolute atomic E-state index is 0.481. The summed E-state index contributed by atoms with van der Waals surface area (Å²) in [7, 11) is 1.05. The van der Waals surface area contributed by atoms with Gasteiger partial charge in [0, 0.05) is 22.4 Å². The zero-order valence-corrected chi connectivity index (χ0v) is 14.0. The van der Waals surface area contributed by atoms with Crippen LogP contribution < -0.4 is 20.1 Å². The van der Waals surface area contributed by atoms with E-state index in [-0.39, 0.29) is 0 Å². The molecule has 8 heteroatoms. The number of ether oxygens (including phenoxy) is 2. The number of benzene rings is 2. The summed E-state index contributed by atoms with van der Waals surface area (Å²) in [5.74, 6) is 1.80. The average Bonchev–Trinajstić information content (AvgIpc) is 2.61. The van der Waals surface area contributed by atoms with E-state index >= 15 is 0 Å². The number of nitrogens with one attached hydrogen (secondary N) is 1. The van der Waals surface area contributed by atoms with Crippen molar-refractivity contribution in [2.24, 2.45) is 0 Å². The molecule has 24 heavy (non-hydrogen) atoms. The number of methoxy groups -OCH3 is 2. The lowest BCUT2D eigenvalue weighted by Crippen LogP contribution is -2.01. The lowest BCUT2D eigenvalue weighted by Gasteiger charge is -2.12. The van der Waals surface area contributed by atoms with Crippen molar-refractivity contribution in [2.45, 2.75) is 0 Å². The molecule has 0 spiro atoms. The molecule has 0 radical (unpaired) electrons. The predicted molar refractivity (Wildman–Crippen MR) is 93.4 cm³/mol. The molecule has 3 aromatic rings. The quantitative estimate of drug-likeness (QED) is 0.611. The van der Waals surface area contributed by atoms with Gasteiger partial charge in [-0.2, -0.15) is 0 Å². The Morgan fingerprint density at radius 3 is 2.25 bits per heavy atom. The van der Waals surface area contributed by atoms with Crippen molar-refractivity contribution in [2.75, 3.05) is 19.5 Å². The van der Waals surface area contributed by atoms with Crippen molar-refractivity contribution in [1.82, 2.24) is 9.97 Å². The van der Waals surface area contributed by atoms with Gasteiger partial charge in [-0.05, 0) is 30.3 Å². The van der Waals surface area contributed by atoms with E-state index in [1.54, 1.807) is 44.6 Å². The highest BCUT2D eigenvalue weighted by atomic mass is 31.2. The minimum Gasteiger partial charge on any atom is -0.493 e. The Kier molecular flexibility index (Phi) is 4.76. The molecule has 0 unspecified atom stereocenters. The van der Waals surface area contributed by atoms with Gasteiger partial charge in [-0.1, -0.05) is 0 Å². The van der Waals surface area contributed by atoms with Crippen LogP contribution in [0.3, 0.4) is 0 Å². The van der Waals surface area contributed by atoms with Gasteiger partial charge in [0.15, 0.2) is 19.9 Å². The summed E-state index contributed by atoms with van der Waals surface area (Å²) in [6, 6.07) is 10.4. The molecular weight excluding hydrogens is 329 g/mol. The van der Waals surface area contributed by atoms with Crippen LogP contribution in [-0.4, -0.2) is 34.0 Å². The molecule has 0 fully saturated rings. The second-order valence-corrected chi connectivity index (χ2v) is 6.00. The minimum atomic E-state index is -2.09. The first-order valence-electron chi connectivity index (χ1n) is 7.04. The molecule has 0 aliphatic heterocycles. The van der Waals surface area contributed by atoms with E-state index in [0.717, 1.165) is 16.6 Å². The highest BCUT2D eigenvalue weighted by Crippen LogP contribution is 2.34. The standard InChI is InChI=1S/C16H16N3O4P/c1-22-14-7-12-13(8-15(14)23-2)17-9-18-16(12)19-10-3-5-11(6-4-10)24(20)21/h3-9,20-21H,1-2H3,(H,17,18,19). The highest BCUT2D eigenvalue weighted by molar-refractivity contribution is 7.54. The molecule has 0 atom stereocenters. The summed E-state index contributed by atoms with van der Waals surface area (Å²) in [5.41, 5.74) is 1.49. The second kappa shape index (κ2) is 6.97. The molecule has 0 amide bonds. The smallest absolute Gasteiger partial charge is 0.199 e. The lowest BCUT2D eigenvalue weighted by molar-refractivity contribution is 0.356. The zero-order chi connectivity index (χ0) is 17.1. The van der Waals surface area contributed by atoms with Crippen molar-refractivity contribution in [1.29, 1.82) is 0 Å². The van der Waals surface area contributed by atoms with Gasteiger partial charge in [0.1, 0.15) is 12.1 Å². The molecule has 0 bridgehead atoms. The Morgan fingerprint density at radius 1 is 0.958 bits per heavy atom. The Morgan fingerprint density at radius 2 is 1.62 bits per heavy atom. The van der Waals surface area contributed by atoms with Crippen LogP contribution in [0.2, 0.25) is 0 Å². The maximum absolute atomic E-state index is 9.21. The Balaban J connectivity index is 1.99. The van der Waals surface area contributed by atoms with Gasteiger partial charge in [0.2, 0.25) is 0 Å². The number of anilines is 2. The van der Waals surface area contributed by atoms with E-state index in [1.165, 1.54) is 6.33 Å². The van der Waals surface area contributed by atoms with Crippen molar-refractivity contribution in [3.8, 4) is 11.5 Å². The summed E-state index contributed by atoms with van der Waals surface area (Å²) in [4.78, 5) is 26.9. The van der Waals surface area contributed by atoms with E-state index in [2.05, 4.69) is 15.3 Å². The van der Waals surface area contributed by atoms with E-state index in [4.69, 9.17) is 9.47 Å². The lowest BCUT2D eigenvalue weighted by atomic mass is 10.2. The Bertz CT molecular complexity index is 856. The van der Waals surface area contributed by atoms with Crippen molar-refractivity contribution in [3.05, 3.63) is 42.7 Å². The van der Waals surface area contributed by atoms with Gasteiger partial charge in [-0.3, -0.25) is 0 Å². The summed E-state index contributed by atoms with van der Waals surface area (Å²) in [5, 5.41) is 4.46. The summed E-state index contributed by atoms with van der Waals surface area (Å²) in [6.07, 6.45) is 1.46. The number of fused-ring (bicyclic) bond motifs is 1. The fraction of sp³-hybridized carbons (Fsp3) is 0.125. The topological polar surface area (TPSA) is 96.7 Å². The fourth-order valence-electron chi connectivity index (χ4n) is 2.30. The molecule has 1 aromatic heterocycles. The second-order valence-electron chi connectivity index (χ2n) is 4.91. The summed E-state index contributed by atoms with van der Waals surface area (Å²) in [6.45, 7) is 0. The van der Waals surface area contributed by atoms with E-state index < -0.39 is 8.38 Å². The van der Waals surface area contributed by atoms with Crippen LogP contribution in [0, 0.1) is 0 Å². The number of aromatic nitrogens is 2. The van der Waals surface area contributed by atoms with Gasteiger partial charge >= 0.3 is 0 Å². The fourth-order valence-corrected chi connectivity index (χ4v) is 2.71. The molecule has 3 N–H and O–H groups in total. The number of hydrogen-bond donors (Lipinski definition) is 3. The molecule has 0 aliphatic carbocycles. The first-order chi connectivity index (χ1) is 11.6. The monoisotopic (exact) mass is 345 g/mol. The first kappa shape index (κ1) is 16.4. The molecule has 124 valence electrons. The molecule has 7 nitrogen and oxygen atoms in total. The third-order valence-electron chi connectivity index (χ3n) is 3.50. The van der Waals surface area contributed by atoms with Crippen LogP contribution in [0.1, 0.15) is 0 Å². The van der Waals surface area contributed by atoms with Crippen molar-refractivity contribution < 1.29 is 19.3 Å². The van der Waals surface area contributed by atoms with Crippen LogP contribution in [-0.2, 0) is 0 Å². The number of rotatable bonds is 5. The molecule has 0 saturated carbocycles. The SMILES string of the molecule is COc1cc2ncnc(Nc3ccc(P(O)O)cc3)c2cc1OC. The molecule has 3 rings (SSSR count). The molecule has 2 aromatic carbocycles.